The fraction of sp³-hybridized carbons (Fsp3) is 0.450. The number of nitrogens with zero attached hydrogens (tertiary/aromatic N) is 2. The first-order chi connectivity index (χ1) is 16.1. The molecule has 0 saturated carbocycles. The Morgan fingerprint density at radius 3 is 2.56 bits per heavy atom. The SMILES string of the molecule is NC(=O)C[C@@H]1NC(=O)c2cc([N+](=O)[O-])ccc2OCC[C@@H](C(N)=O)NC(=O)[C@@H]2CCCN2C1=O. The number of benzene rings is 1. The Bertz CT molecular complexity index is 1040. The van der Waals surface area contributed by atoms with E-state index in [1.165, 1.54) is 11.0 Å². The Balaban J connectivity index is 2.04. The molecular weight excluding hydrogens is 452 g/mol. The molecule has 0 aliphatic carbocycles. The average molecular weight is 476 g/mol. The molecule has 14 nitrogen and oxygen atoms in total. The lowest BCUT2D eigenvalue weighted by Gasteiger charge is -2.29. The molecule has 1 saturated heterocycles. The van der Waals surface area contributed by atoms with E-state index < -0.39 is 64.7 Å². The Kier molecular flexibility index (Phi) is 7.28. The maximum atomic E-state index is 13.2. The quantitative estimate of drug-likeness (QED) is 0.290. The maximum Gasteiger partial charge on any atom is 0.270 e. The van der Waals surface area contributed by atoms with Crippen LogP contribution in [0.2, 0.25) is 0 Å². The van der Waals surface area contributed by atoms with Gasteiger partial charge in [0.1, 0.15) is 23.9 Å². The first kappa shape index (κ1) is 24.4. The molecule has 5 amide bonds. The second-order valence-electron chi connectivity index (χ2n) is 7.92. The number of nitrogens with two attached hydrogens (primary N) is 2. The van der Waals surface area contributed by atoms with Crippen LogP contribution in [0.3, 0.4) is 0 Å². The van der Waals surface area contributed by atoms with Crippen LogP contribution in [-0.4, -0.2) is 70.6 Å². The highest BCUT2D eigenvalue weighted by atomic mass is 16.6. The van der Waals surface area contributed by atoms with Crippen molar-refractivity contribution >= 4 is 35.2 Å². The number of nitro groups is 1. The summed E-state index contributed by atoms with van der Waals surface area (Å²) in [5, 5.41) is 16.1. The number of carbonyl (C=O) groups is 5. The monoisotopic (exact) mass is 476 g/mol. The van der Waals surface area contributed by atoms with Gasteiger partial charge in [0.15, 0.2) is 0 Å². The molecule has 0 radical (unpaired) electrons. The number of nitro benzene ring substituents is 1. The molecule has 1 aromatic carbocycles. The molecule has 0 bridgehead atoms. The summed E-state index contributed by atoms with van der Waals surface area (Å²) in [4.78, 5) is 74.3. The smallest absolute Gasteiger partial charge is 0.270 e. The maximum absolute atomic E-state index is 13.2. The van der Waals surface area contributed by atoms with Gasteiger partial charge in [0.05, 0.1) is 23.5 Å². The molecular formula is C20H24N6O8. The van der Waals surface area contributed by atoms with Gasteiger partial charge in [0.25, 0.3) is 11.6 Å². The van der Waals surface area contributed by atoms with Gasteiger partial charge in [0, 0.05) is 25.1 Å². The second-order valence-corrected chi connectivity index (χ2v) is 7.92. The van der Waals surface area contributed by atoms with E-state index in [4.69, 9.17) is 16.2 Å². The van der Waals surface area contributed by atoms with Gasteiger partial charge in [-0.2, -0.15) is 0 Å². The normalized spacial score (nSPS) is 23.5. The van der Waals surface area contributed by atoms with E-state index in [2.05, 4.69) is 10.6 Å². The molecule has 3 atom stereocenters. The van der Waals surface area contributed by atoms with E-state index in [-0.39, 0.29) is 30.9 Å². The van der Waals surface area contributed by atoms with E-state index in [0.29, 0.717) is 12.8 Å². The van der Waals surface area contributed by atoms with Crippen LogP contribution in [0, 0.1) is 10.1 Å². The predicted octanol–water partition coefficient (Wildman–Crippen LogP) is -1.69. The van der Waals surface area contributed by atoms with Crippen LogP contribution in [-0.2, 0) is 19.2 Å². The molecule has 1 fully saturated rings. The minimum atomic E-state index is -1.43. The van der Waals surface area contributed by atoms with Crippen molar-refractivity contribution in [2.45, 2.75) is 43.8 Å². The van der Waals surface area contributed by atoms with E-state index in [9.17, 15) is 34.1 Å². The Labute approximate surface area is 193 Å². The van der Waals surface area contributed by atoms with Crippen molar-refractivity contribution < 1.29 is 33.6 Å². The lowest BCUT2D eigenvalue weighted by Crippen LogP contribution is -2.56. The van der Waals surface area contributed by atoms with Crippen LogP contribution in [0.5, 0.6) is 5.75 Å². The fourth-order valence-electron chi connectivity index (χ4n) is 3.92. The lowest BCUT2D eigenvalue weighted by molar-refractivity contribution is -0.384. The van der Waals surface area contributed by atoms with Gasteiger partial charge in [-0.25, -0.2) is 0 Å². The van der Waals surface area contributed by atoms with Gasteiger partial charge in [-0.3, -0.25) is 34.1 Å². The van der Waals surface area contributed by atoms with Gasteiger partial charge in [-0.05, 0) is 18.9 Å². The molecule has 182 valence electrons. The number of ether oxygens (including phenoxy) is 1. The van der Waals surface area contributed by atoms with Crippen LogP contribution >= 0.6 is 0 Å². The number of hydrogen-bond donors (Lipinski definition) is 4. The Morgan fingerprint density at radius 2 is 1.91 bits per heavy atom. The molecule has 6 N–H and O–H groups in total. The number of carbonyl (C=O) groups excluding carboxylic acids is 5. The minimum absolute atomic E-state index is 0.0515. The molecule has 2 aliphatic rings. The molecule has 0 spiro atoms. The van der Waals surface area contributed by atoms with Gasteiger partial charge in [0.2, 0.25) is 23.6 Å². The number of non-ortho nitro benzene ring substituents is 1. The average Bonchev–Trinajstić information content (AvgIpc) is 3.26. The van der Waals surface area contributed by atoms with E-state index in [1.54, 1.807) is 0 Å². The van der Waals surface area contributed by atoms with E-state index in [0.717, 1.165) is 12.1 Å². The largest absolute Gasteiger partial charge is 0.493 e. The summed E-state index contributed by atoms with van der Waals surface area (Å²) >= 11 is 0. The highest BCUT2D eigenvalue weighted by Crippen LogP contribution is 2.26. The second kappa shape index (κ2) is 10.1. The molecule has 0 aromatic heterocycles. The molecule has 2 aliphatic heterocycles. The summed E-state index contributed by atoms with van der Waals surface area (Å²) in [7, 11) is 0. The summed E-state index contributed by atoms with van der Waals surface area (Å²) in [5.41, 5.74) is 10.00. The summed E-state index contributed by atoms with van der Waals surface area (Å²) in [6, 6.07) is -0.223. The van der Waals surface area contributed by atoms with Crippen molar-refractivity contribution in [3.8, 4) is 5.75 Å². The van der Waals surface area contributed by atoms with Gasteiger partial charge in [-0.1, -0.05) is 0 Å². The van der Waals surface area contributed by atoms with Crippen molar-refractivity contribution in [2.24, 2.45) is 11.5 Å². The highest BCUT2D eigenvalue weighted by Gasteiger charge is 2.39. The summed E-state index contributed by atoms with van der Waals surface area (Å²) in [6.07, 6.45) is 0.154. The molecule has 1 aromatic rings. The van der Waals surface area contributed by atoms with Crippen LogP contribution in [0.15, 0.2) is 18.2 Å². The number of rotatable bonds is 4. The van der Waals surface area contributed by atoms with Gasteiger partial charge < -0.3 is 31.7 Å². The fourth-order valence-corrected chi connectivity index (χ4v) is 3.92. The standard InChI is InChI=1S/C20H24N6O8/c21-16(27)9-13-20(31)25-6-1-2-14(25)19(30)23-12(17(22)28)5-7-34-15-4-3-10(26(32)33)8-11(15)18(29)24-13/h3-4,8,12-14H,1-2,5-7,9H2,(H2,21,27)(H2,22,28)(H,23,30)(H,24,29)/t12-,13-,14-/m0/s1. The number of amides is 5. The van der Waals surface area contributed by atoms with E-state index >= 15 is 0 Å². The van der Waals surface area contributed by atoms with Crippen LogP contribution in [0.25, 0.3) is 0 Å². The zero-order valence-electron chi connectivity index (χ0n) is 18.0. The molecule has 3 rings (SSSR count). The van der Waals surface area contributed by atoms with Gasteiger partial charge >= 0.3 is 0 Å². The summed E-state index contributed by atoms with van der Waals surface area (Å²) < 4.78 is 5.55. The van der Waals surface area contributed by atoms with E-state index in [1.807, 2.05) is 0 Å². The van der Waals surface area contributed by atoms with Crippen molar-refractivity contribution in [3.05, 3.63) is 33.9 Å². The van der Waals surface area contributed by atoms with Crippen LogP contribution in [0.4, 0.5) is 5.69 Å². The topological polar surface area (TPSA) is 217 Å². The first-order valence-corrected chi connectivity index (χ1v) is 10.5. The van der Waals surface area contributed by atoms with Gasteiger partial charge in [-0.15, -0.1) is 0 Å². The van der Waals surface area contributed by atoms with Crippen molar-refractivity contribution in [1.29, 1.82) is 0 Å². The molecule has 2 heterocycles. The Morgan fingerprint density at radius 1 is 1.18 bits per heavy atom. The number of fused-ring (bicyclic) bond motifs is 2. The van der Waals surface area contributed by atoms with Crippen LogP contribution < -0.4 is 26.8 Å². The predicted molar refractivity (Wildman–Crippen MR) is 114 cm³/mol. The Hall–Kier alpha value is -4.23. The third-order valence-corrected chi connectivity index (χ3v) is 5.59. The lowest BCUT2D eigenvalue weighted by atomic mass is 10.1. The number of primary amides is 2. The summed E-state index contributed by atoms with van der Waals surface area (Å²) in [5.74, 6) is -4.03. The molecule has 34 heavy (non-hydrogen) atoms. The first-order valence-electron chi connectivity index (χ1n) is 10.5. The zero-order chi connectivity index (χ0) is 25.0. The summed E-state index contributed by atoms with van der Waals surface area (Å²) in [6.45, 7) is 0.0124. The van der Waals surface area contributed by atoms with Crippen molar-refractivity contribution in [1.82, 2.24) is 15.5 Å². The highest BCUT2D eigenvalue weighted by molar-refractivity contribution is 6.02. The third kappa shape index (κ3) is 5.39. The number of hydrogen-bond acceptors (Lipinski definition) is 8. The van der Waals surface area contributed by atoms with Crippen molar-refractivity contribution in [2.75, 3.05) is 13.2 Å². The van der Waals surface area contributed by atoms with Crippen LogP contribution in [0.1, 0.15) is 36.0 Å². The zero-order valence-corrected chi connectivity index (χ0v) is 18.0. The molecule has 0 unspecified atom stereocenters. The third-order valence-electron chi connectivity index (χ3n) is 5.59. The number of nitrogens with one attached hydrogen (secondary N) is 2. The minimum Gasteiger partial charge on any atom is -0.493 e. The molecule has 14 heteroatoms. The van der Waals surface area contributed by atoms with Crippen molar-refractivity contribution in [3.63, 3.8) is 0 Å².